The van der Waals surface area contributed by atoms with Gasteiger partial charge in [0.15, 0.2) is 11.6 Å². The first-order valence-electron chi connectivity index (χ1n) is 6.92. The zero-order valence-electron chi connectivity index (χ0n) is 11.8. The van der Waals surface area contributed by atoms with E-state index in [-0.39, 0.29) is 16.8 Å². The number of aliphatic hydroxyl groups excluding tert-OH is 1. The molecule has 0 saturated heterocycles. The topological polar surface area (TPSA) is 29.5 Å². The number of thioether (sulfide) groups is 1. The second-order valence-corrected chi connectivity index (χ2v) is 6.49. The molecule has 1 aliphatic heterocycles. The highest BCUT2D eigenvalue weighted by Crippen LogP contribution is 2.39. The third-order valence-electron chi connectivity index (χ3n) is 3.76. The van der Waals surface area contributed by atoms with Crippen molar-refractivity contribution in [3.8, 4) is 5.75 Å². The Balaban J connectivity index is 1.68. The Hall–Kier alpha value is -1.52. The third kappa shape index (κ3) is 3.06. The average molecular weight is 304 g/mol. The lowest BCUT2D eigenvalue weighted by Crippen LogP contribution is -2.25. The molecule has 0 spiro atoms. The van der Waals surface area contributed by atoms with E-state index in [1.165, 1.54) is 23.6 Å². The van der Waals surface area contributed by atoms with Gasteiger partial charge in [-0.2, -0.15) is 0 Å². The quantitative estimate of drug-likeness (QED) is 0.938. The van der Waals surface area contributed by atoms with E-state index in [9.17, 15) is 9.50 Å². The van der Waals surface area contributed by atoms with Gasteiger partial charge in [-0.25, -0.2) is 4.39 Å². The summed E-state index contributed by atoms with van der Waals surface area (Å²) in [5.74, 6) is -0.152. The maximum absolute atomic E-state index is 13.7. The van der Waals surface area contributed by atoms with E-state index in [2.05, 4.69) is 12.1 Å². The third-order valence-corrected chi connectivity index (χ3v) is 5.20. The molecule has 0 aromatic heterocycles. The maximum atomic E-state index is 13.7. The van der Waals surface area contributed by atoms with E-state index >= 15 is 0 Å². The van der Waals surface area contributed by atoms with Crippen molar-refractivity contribution >= 4 is 11.8 Å². The van der Waals surface area contributed by atoms with Gasteiger partial charge in [0.1, 0.15) is 0 Å². The van der Waals surface area contributed by atoms with Crippen molar-refractivity contribution in [2.75, 3.05) is 7.11 Å². The minimum atomic E-state index is -0.491. The normalized spacial score (nSPS) is 18.3. The smallest absolute Gasteiger partial charge is 0.165 e. The summed E-state index contributed by atoms with van der Waals surface area (Å²) in [4.78, 5) is 1.24. The molecule has 2 aromatic carbocycles. The predicted molar refractivity (Wildman–Crippen MR) is 82.5 cm³/mol. The van der Waals surface area contributed by atoms with Crippen LogP contribution in [0.15, 0.2) is 47.4 Å². The highest BCUT2D eigenvalue weighted by Gasteiger charge is 2.28. The SMILES string of the molecule is COc1ccc(CC(O)C2Cc3ccccc3S2)cc1F. The van der Waals surface area contributed by atoms with Crippen molar-refractivity contribution < 1.29 is 14.2 Å². The van der Waals surface area contributed by atoms with E-state index in [1.807, 2.05) is 12.1 Å². The van der Waals surface area contributed by atoms with Crippen LogP contribution in [0.3, 0.4) is 0 Å². The molecule has 0 fully saturated rings. The number of benzene rings is 2. The summed E-state index contributed by atoms with van der Waals surface area (Å²) < 4.78 is 18.6. The van der Waals surface area contributed by atoms with Gasteiger partial charge >= 0.3 is 0 Å². The molecule has 1 N–H and O–H groups in total. The highest BCUT2D eigenvalue weighted by atomic mass is 32.2. The Labute approximate surface area is 128 Å². The fourth-order valence-corrected chi connectivity index (χ4v) is 3.94. The molecule has 1 heterocycles. The molecule has 0 saturated carbocycles. The van der Waals surface area contributed by atoms with Gasteiger partial charge in [-0.05, 0) is 42.2 Å². The lowest BCUT2D eigenvalue weighted by molar-refractivity contribution is 0.172. The van der Waals surface area contributed by atoms with Gasteiger partial charge in [0, 0.05) is 10.1 Å². The van der Waals surface area contributed by atoms with Crippen LogP contribution in [0.4, 0.5) is 4.39 Å². The summed E-state index contributed by atoms with van der Waals surface area (Å²) in [6.45, 7) is 0. The number of methoxy groups -OCH3 is 1. The zero-order valence-corrected chi connectivity index (χ0v) is 12.6. The number of ether oxygens (including phenoxy) is 1. The van der Waals surface area contributed by atoms with Crippen LogP contribution in [-0.4, -0.2) is 23.6 Å². The van der Waals surface area contributed by atoms with Crippen molar-refractivity contribution in [1.29, 1.82) is 0 Å². The molecule has 110 valence electrons. The molecule has 0 radical (unpaired) electrons. The Bertz CT molecular complexity index is 619. The molecule has 1 aliphatic rings. The van der Waals surface area contributed by atoms with Gasteiger partial charge in [-0.3, -0.25) is 0 Å². The van der Waals surface area contributed by atoms with Crippen LogP contribution in [0, 0.1) is 5.82 Å². The lowest BCUT2D eigenvalue weighted by Gasteiger charge is -2.17. The van der Waals surface area contributed by atoms with E-state index in [0.29, 0.717) is 6.42 Å². The number of halogens is 1. The molecule has 0 bridgehead atoms. The van der Waals surface area contributed by atoms with Crippen LogP contribution in [-0.2, 0) is 12.8 Å². The summed E-state index contributed by atoms with van der Waals surface area (Å²) in [5.41, 5.74) is 2.07. The predicted octanol–water partition coefficient (Wildman–Crippen LogP) is 3.45. The van der Waals surface area contributed by atoms with Gasteiger partial charge in [0.05, 0.1) is 13.2 Å². The minimum Gasteiger partial charge on any atom is -0.494 e. The van der Waals surface area contributed by atoms with Crippen LogP contribution >= 0.6 is 11.8 Å². The summed E-state index contributed by atoms with van der Waals surface area (Å²) in [6, 6.07) is 13.1. The lowest BCUT2D eigenvalue weighted by atomic mass is 10.0. The molecule has 3 rings (SSSR count). The van der Waals surface area contributed by atoms with Crippen molar-refractivity contribution in [2.24, 2.45) is 0 Å². The van der Waals surface area contributed by atoms with Crippen LogP contribution in [0.1, 0.15) is 11.1 Å². The molecule has 2 atom stereocenters. The molecule has 2 aromatic rings. The molecule has 21 heavy (non-hydrogen) atoms. The monoisotopic (exact) mass is 304 g/mol. The summed E-state index contributed by atoms with van der Waals surface area (Å²) in [5, 5.41) is 10.5. The molecule has 2 nitrogen and oxygen atoms in total. The number of fused-ring (bicyclic) bond motifs is 1. The zero-order chi connectivity index (χ0) is 14.8. The largest absolute Gasteiger partial charge is 0.494 e. The molecular formula is C17H17FO2S. The van der Waals surface area contributed by atoms with E-state index in [0.717, 1.165) is 12.0 Å². The van der Waals surface area contributed by atoms with E-state index in [1.54, 1.807) is 23.9 Å². The first kappa shape index (κ1) is 14.4. The van der Waals surface area contributed by atoms with Crippen molar-refractivity contribution in [3.05, 3.63) is 59.4 Å². The second-order valence-electron chi connectivity index (χ2n) is 5.21. The Morgan fingerprint density at radius 2 is 2.14 bits per heavy atom. The molecule has 4 heteroatoms. The number of aliphatic hydroxyl groups is 1. The summed E-state index contributed by atoms with van der Waals surface area (Å²) in [6.07, 6.45) is 0.822. The average Bonchev–Trinajstić information content (AvgIpc) is 2.91. The van der Waals surface area contributed by atoms with Gasteiger partial charge in [-0.15, -0.1) is 11.8 Å². The van der Waals surface area contributed by atoms with Crippen molar-refractivity contribution in [1.82, 2.24) is 0 Å². The maximum Gasteiger partial charge on any atom is 0.165 e. The van der Waals surface area contributed by atoms with E-state index < -0.39 is 6.10 Å². The first-order chi connectivity index (χ1) is 10.2. The second kappa shape index (κ2) is 6.08. The fourth-order valence-electron chi connectivity index (χ4n) is 2.63. The molecule has 0 aliphatic carbocycles. The van der Waals surface area contributed by atoms with Gasteiger partial charge < -0.3 is 9.84 Å². The summed E-state index contributed by atoms with van der Waals surface area (Å²) >= 11 is 1.71. The number of hydrogen-bond donors (Lipinski definition) is 1. The number of rotatable bonds is 4. The number of hydrogen-bond acceptors (Lipinski definition) is 3. The molecular weight excluding hydrogens is 287 g/mol. The van der Waals surface area contributed by atoms with E-state index in [4.69, 9.17) is 4.74 Å². The molecule has 2 unspecified atom stereocenters. The van der Waals surface area contributed by atoms with Crippen molar-refractivity contribution in [2.45, 2.75) is 29.1 Å². The Kier molecular flexibility index (Phi) is 4.17. The van der Waals surface area contributed by atoms with Crippen LogP contribution in [0.2, 0.25) is 0 Å². The fraction of sp³-hybridized carbons (Fsp3) is 0.294. The summed E-state index contributed by atoms with van der Waals surface area (Å²) in [7, 11) is 1.44. The standard InChI is InChI=1S/C17H17FO2S/c1-20-15-7-6-11(8-13(15)18)9-14(19)17-10-12-4-2-3-5-16(12)21-17/h2-8,14,17,19H,9-10H2,1H3. The Morgan fingerprint density at radius 1 is 1.33 bits per heavy atom. The molecule has 0 amide bonds. The van der Waals surface area contributed by atoms with Crippen molar-refractivity contribution in [3.63, 3.8) is 0 Å². The Morgan fingerprint density at radius 3 is 2.86 bits per heavy atom. The van der Waals surface area contributed by atoms with Gasteiger partial charge in [0.25, 0.3) is 0 Å². The minimum absolute atomic E-state index is 0.132. The van der Waals surface area contributed by atoms with Crippen LogP contribution < -0.4 is 4.74 Å². The van der Waals surface area contributed by atoms with Gasteiger partial charge in [-0.1, -0.05) is 24.3 Å². The highest BCUT2D eigenvalue weighted by molar-refractivity contribution is 8.00. The van der Waals surface area contributed by atoms with Crippen LogP contribution in [0.5, 0.6) is 5.75 Å². The first-order valence-corrected chi connectivity index (χ1v) is 7.80. The van der Waals surface area contributed by atoms with Crippen LogP contribution in [0.25, 0.3) is 0 Å². The van der Waals surface area contributed by atoms with Gasteiger partial charge in [0.2, 0.25) is 0 Å².